The van der Waals surface area contributed by atoms with Crippen LogP contribution in [0.2, 0.25) is 10.0 Å². The molecule has 4 aromatic rings. The van der Waals surface area contributed by atoms with Crippen molar-refractivity contribution >= 4 is 102 Å². The van der Waals surface area contributed by atoms with E-state index in [9.17, 15) is 46.8 Å². The Balaban J connectivity index is 0.000000281. The number of ketones is 1. The van der Waals surface area contributed by atoms with Crippen LogP contribution in [0.25, 0.3) is 21.5 Å². The van der Waals surface area contributed by atoms with Crippen molar-refractivity contribution in [2.75, 3.05) is 27.3 Å². The molecule has 12 atom stereocenters. The summed E-state index contributed by atoms with van der Waals surface area (Å²) in [7, 11) is -0.965. The van der Waals surface area contributed by atoms with Crippen molar-refractivity contribution in [2.24, 2.45) is 34.5 Å². The SMILES string of the molecule is C.C=C[C@@H]1C[C@]1(NC(=O)[C@@H]1[C@H](C)[C@@H](Oc2ncc(OC)c3ccc(Cl)cc23)CN1C(=O)[C@@H](NC(=O)OC(C)(C)C)C(C)(C)C)C(=O)NS(=O)(=O)C1(C)CC1.C=C[C@@H]1C[C@]1(NC(=O)[C@@H]1[C@H](C)[C@@H](Oc2ncc(OC)c3ccc(Cl)cc23)CN1C(=O)[C@@H](NC(=O)OC(C)(C)C)C(C)(C)C)C(C)=O. The Morgan fingerprint density at radius 3 is 1.31 bits per heavy atom. The number of nitrogens with zero attached hydrogens (tertiary/aromatic N) is 4. The molecule has 4 heterocycles. The third kappa shape index (κ3) is 17.0. The number of methoxy groups -OCH3 is 2. The van der Waals surface area contributed by atoms with Gasteiger partial charge in [0.05, 0.1) is 44.4 Å². The number of sulfonamides is 1. The van der Waals surface area contributed by atoms with Crippen molar-refractivity contribution in [1.82, 2.24) is 45.8 Å². The fourth-order valence-electron chi connectivity index (χ4n) is 12.6. The van der Waals surface area contributed by atoms with E-state index < -0.39 is 144 Å². The number of aromatic nitrogens is 2. The number of rotatable bonds is 20. The Labute approximate surface area is 596 Å². The van der Waals surface area contributed by atoms with Crippen molar-refractivity contribution in [3.05, 3.63) is 84.1 Å². The number of nitrogens with one attached hydrogen (secondary N) is 5. The van der Waals surface area contributed by atoms with Crippen molar-refractivity contribution in [1.29, 1.82) is 0 Å². The van der Waals surface area contributed by atoms with Gasteiger partial charge < -0.3 is 59.5 Å². The molecule has 0 bridgehead atoms. The monoisotopic (exact) mass is 1450 g/mol. The first-order valence-electron chi connectivity index (χ1n) is 32.9. The van der Waals surface area contributed by atoms with Crippen molar-refractivity contribution in [3.8, 4) is 23.3 Å². The molecular weight excluding hydrogens is 1350 g/mol. The highest BCUT2D eigenvalue weighted by Crippen LogP contribution is 2.49. The zero-order valence-corrected chi connectivity index (χ0v) is 62.0. The number of carbonyl (C=O) groups excluding carboxylic acids is 8. The van der Waals surface area contributed by atoms with E-state index >= 15 is 0 Å². The van der Waals surface area contributed by atoms with Crippen LogP contribution in [-0.2, 0) is 48.3 Å². The minimum atomic E-state index is -4.02. The summed E-state index contributed by atoms with van der Waals surface area (Å²) in [5.74, 6) is -3.87. The van der Waals surface area contributed by atoms with Crippen LogP contribution in [0.1, 0.15) is 144 Å². The number of likely N-dealkylation sites (tertiary alicyclic amines) is 2. The molecule has 2 aromatic heterocycles. The minimum Gasteiger partial charge on any atom is -0.494 e. The summed E-state index contributed by atoms with van der Waals surface area (Å²) in [4.78, 5) is 122. The van der Waals surface area contributed by atoms with Crippen LogP contribution in [0.15, 0.2) is 74.1 Å². The summed E-state index contributed by atoms with van der Waals surface area (Å²) in [6, 6.07) is 5.95. The number of pyridine rings is 2. The number of halogens is 2. The van der Waals surface area contributed by atoms with Gasteiger partial charge in [0, 0.05) is 55.3 Å². The molecule has 5 aliphatic rings. The maximum atomic E-state index is 14.6. The normalized spacial score (nSPS) is 25.0. The number of benzene rings is 2. The molecule has 28 heteroatoms. The lowest BCUT2D eigenvalue weighted by atomic mass is 9.85. The van der Waals surface area contributed by atoms with Gasteiger partial charge in [0.15, 0.2) is 5.78 Å². The topological polar surface area (TPSA) is 318 Å². The second kappa shape index (κ2) is 29.2. The second-order valence-electron chi connectivity index (χ2n) is 30.9. The van der Waals surface area contributed by atoms with Crippen LogP contribution in [0.5, 0.6) is 23.3 Å². The van der Waals surface area contributed by atoms with E-state index in [2.05, 4.69) is 49.1 Å². The highest BCUT2D eigenvalue weighted by Gasteiger charge is 2.64. The molecule has 0 spiro atoms. The lowest BCUT2D eigenvalue weighted by molar-refractivity contribution is -0.143. The standard InChI is InChI=1S/C37H50ClN5O9S.C34H45ClN4O7.CH4/c1-11-21-17-37(21,32(46)42-53(48,49)36(9)14-15-36)41-29(44)27-20(2)26(51-30-24-16-22(38)12-13-23(24)25(50-10)18-39-30)19-43(27)31(45)28(34(3,4)5)40-33(47)52-35(6,7)8;1-11-20-15-34(20,19(3)40)38-28(41)26-18(2)25(45-29-23-14-21(35)12-13-22(23)24(44-10)16-36-29)17-39(26)30(42)27(32(4,5)6)37-31(43)46-33(7,8)9;/h11-13,16,18,20-21,26-28H,1,14-15,17,19H2,2-10H3,(H,40,47)(H,41,44)(H,42,46);11-14,16,18,20,25-27H,1,15,17H2,2-10H3,(H,37,43)(H,38,41);1H4/t20-,21-,26+,27+,28-,37-;18-,20-,25+,26+,27-,34+;/m11./s1. The molecular formula is C72H99Cl2N9O16S. The van der Waals surface area contributed by atoms with E-state index in [4.69, 9.17) is 51.6 Å². The Bertz CT molecular complexity index is 3990. The van der Waals surface area contributed by atoms with E-state index in [-0.39, 0.29) is 50.4 Å². The molecule has 5 fully saturated rings. The summed E-state index contributed by atoms with van der Waals surface area (Å²) in [6.07, 6.45) is 4.48. The molecule has 9 rings (SSSR count). The van der Waals surface area contributed by atoms with Gasteiger partial charge in [-0.2, -0.15) is 0 Å². The first-order chi connectivity index (χ1) is 45.8. The third-order valence-corrected chi connectivity index (χ3v) is 21.5. The van der Waals surface area contributed by atoms with Gasteiger partial charge in [-0.25, -0.2) is 28.0 Å². The highest BCUT2D eigenvalue weighted by molar-refractivity contribution is 7.91. The molecule has 3 saturated carbocycles. The Morgan fingerprint density at radius 1 is 0.620 bits per heavy atom. The van der Waals surface area contributed by atoms with E-state index in [1.807, 2.05) is 27.7 Å². The first kappa shape index (κ1) is 79.4. The summed E-state index contributed by atoms with van der Waals surface area (Å²) in [5, 5.41) is 14.6. The van der Waals surface area contributed by atoms with Gasteiger partial charge in [-0.1, -0.05) is 98.2 Å². The van der Waals surface area contributed by atoms with Crippen LogP contribution >= 0.6 is 23.2 Å². The molecule has 0 radical (unpaired) electrons. The quantitative estimate of drug-likeness (QED) is 0.0514. The summed E-state index contributed by atoms with van der Waals surface area (Å²) in [5.41, 5.74) is -5.92. The fraction of sp³-hybridized carbons (Fsp3) is 0.583. The molecule has 5 N–H and O–H groups in total. The molecule has 2 saturated heterocycles. The fourth-order valence-corrected chi connectivity index (χ4v) is 14.3. The molecule has 0 unspecified atom stereocenters. The number of fused-ring (bicyclic) bond motifs is 2. The average molecular weight is 1450 g/mol. The van der Waals surface area contributed by atoms with Gasteiger partial charge >= 0.3 is 12.2 Å². The Kier molecular flexibility index (Phi) is 23.2. The number of hydrogen-bond acceptors (Lipinski definition) is 18. The zero-order chi connectivity index (χ0) is 73.8. The molecule has 2 aromatic carbocycles. The van der Waals surface area contributed by atoms with Gasteiger partial charge in [-0.15, -0.1) is 13.2 Å². The second-order valence-corrected chi connectivity index (χ2v) is 34.0. The Morgan fingerprint density at radius 2 is 0.990 bits per heavy atom. The lowest BCUT2D eigenvalue weighted by Crippen LogP contribution is -2.61. The molecule has 2 aliphatic heterocycles. The predicted octanol–water partition coefficient (Wildman–Crippen LogP) is 10.2. The number of ether oxygens (including phenoxy) is 6. The van der Waals surface area contributed by atoms with Gasteiger partial charge in [-0.05, 0) is 128 Å². The number of amides is 7. The molecule has 100 heavy (non-hydrogen) atoms. The number of Topliss-reactive ketones (excluding diaryl/α,β-unsaturated/α-hetero) is 1. The zero-order valence-electron chi connectivity index (χ0n) is 59.7. The van der Waals surface area contributed by atoms with Gasteiger partial charge in [0.1, 0.15) is 70.2 Å². The molecule has 548 valence electrons. The Hall–Kier alpha value is -7.97. The van der Waals surface area contributed by atoms with E-state index in [0.29, 0.717) is 57.0 Å². The van der Waals surface area contributed by atoms with Crippen LogP contribution < -0.4 is 44.9 Å². The van der Waals surface area contributed by atoms with Crippen LogP contribution in [0, 0.1) is 34.5 Å². The van der Waals surface area contributed by atoms with Crippen LogP contribution in [-0.4, -0.2) is 166 Å². The molecule has 3 aliphatic carbocycles. The first-order valence-corrected chi connectivity index (χ1v) is 35.2. The van der Waals surface area contributed by atoms with Gasteiger partial charge in [0.2, 0.25) is 45.4 Å². The van der Waals surface area contributed by atoms with Crippen LogP contribution in [0.3, 0.4) is 0 Å². The predicted molar refractivity (Wildman–Crippen MR) is 380 cm³/mol. The van der Waals surface area contributed by atoms with Crippen molar-refractivity contribution in [2.45, 2.75) is 207 Å². The summed E-state index contributed by atoms with van der Waals surface area (Å²) in [6.45, 7) is 35.1. The minimum absolute atomic E-state index is 0. The maximum Gasteiger partial charge on any atom is 0.408 e. The smallest absolute Gasteiger partial charge is 0.408 e. The third-order valence-electron chi connectivity index (χ3n) is 18.9. The van der Waals surface area contributed by atoms with Crippen molar-refractivity contribution < 1.29 is 75.2 Å². The van der Waals surface area contributed by atoms with Crippen LogP contribution in [0.4, 0.5) is 9.59 Å². The molecule has 7 amide bonds. The largest absolute Gasteiger partial charge is 0.494 e. The van der Waals surface area contributed by atoms with E-state index in [0.717, 1.165) is 5.39 Å². The number of hydrogen-bond donors (Lipinski definition) is 5. The maximum absolute atomic E-state index is 14.6. The van der Waals surface area contributed by atoms with E-state index in [1.165, 1.54) is 42.3 Å². The number of alkyl carbamates (subject to hydrolysis) is 2. The number of carbonyl (C=O) groups is 8. The molecule has 25 nitrogen and oxygen atoms in total. The summed E-state index contributed by atoms with van der Waals surface area (Å²) < 4.78 is 62.1. The van der Waals surface area contributed by atoms with Crippen molar-refractivity contribution in [3.63, 3.8) is 0 Å². The van der Waals surface area contributed by atoms with Gasteiger partial charge in [0.25, 0.3) is 5.91 Å². The highest BCUT2D eigenvalue weighted by atomic mass is 35.5. The van der Waals surface area contributed by atoms with Gasteiger partial charge in [-0.3, -0.25) is 33.5 Å². The summed E-state index contributed by atoms with van der Waals surface area (Å²) >= 11 is 12.7. The van der Waals surface area contributed by atoms with E-state index in [1.54, 1.807) is 126 Å². The average Bonchev–Trinajstić information content (AvgIpc) is 1.57. The lowest BCUT2D eigenvalue weighted by Gasteiger charge is -2.36.